The Morgan fingerprint density at radius 3 is 2.84 bits per heavy atom. The molecule has 0 aromatic heterocycles. The number of hydrogen-bond donors (Lipinski definition) is 1. The molecule has 0 aliphatic carbocycles. The number of hydrogen-bond acceptors (Lipinski definition) is 3. The van der Waals surface area contributed by atoms with Gasteiger partial charge < -0.3 is 14.8 Å². The summed E-state index contributed by atoms with van der Waals surface area (Å²) in [6, 6.07) is 6.29. The summed E-state index contributed by atoms with van der Waals surface area (Å²) in [5.41, 5.74) is 2.45. The van der Waals surface area contributed by atoms with Crippen molar-refractivity contribution in [3.05, 3.63) is 35.4 Å². The highest BCUT2D eigenvalue weighted by atomic mass is 16.6. The number of allylic oxidation sites excluding steroid dienone is 1. The third-order valence-electron chi connectivity index (χ3n) is 3.05. The smallest absolute Gasteiger partial charge is 0.166 e. The molecule has 1 atom stereocenters. The molecule has 0 bridgehead atoms. The van der Waals surface area contributed by atoms with E-state index in [2.05, 4.69) is 38.2 Å². The Kier molecular flexibility index (Phi) is 4.86. The molecular formula is C16H23NO2. The fourth-order valence-electron chi connectivity index (χ4n) is 2.23. The van der Waals surface area contributed by atoms with Gasteiger partial charge in [0.05, 0.1) is 6.04 Å². The Hall–Kier alpha value is -1.48. The van der Waals surface area contributed by atoms with Gasteiger partial charge in [0.1, 0.15) is 13.2 Å². The fraction of sp³-hybridized carbons (Fsp3) is 0.500. The highest BCUT2D eigenvalue weighted by molar-refractivity contribution is 5.50. The molecule has 0 amide bonds. The summed E-state index contributed by atoms with van der Waals surface area (Å²) in [7, 11) is 0. The maximum atomic E-state index is 5.80. The zero-order valence-corrected chi connectivity index (χ0v) is 12.0. The van der Waals surface area contributed by atoms with Crippen molar-refractivity contribution in [2.24, 2.45) is 0 Å². The molecule has 1 aliphatic heterocycles. The van der Waals surface area contributed by atoms with Crippen LogP contribution in [-0.2, 0) is 0 Å². The summed E-state index contributed by atoms with van der Waals surface area (Å²) in [5, 5.41) is 3.56. The van der Waals surface area contributed by atoms with E-state index in [0.717, 1.165) is 30.0 Å². The van der Waals surface area contributed by atoms with Crippen molar-refractivity contribution in [1.29, 1.82) is 0 Å². The second-order valence-electron chi connectivity index (χ2n) is 5.05. The van der Waals surface area contributed by atoms with Crippen LogP contribution in [0.15, 0.2) is 29.8 Å². The van der Waals surface area contributed by atoms with Gasteiger partial charge in [-0.1, -0.05) is 30.7 Å². The molecule has 0 fully saturated rings. The summed E-state index contributed by atoms with van der Waals surface area (Å²) >= 11 is 0. The molecule has 1 N–H and O–H groups in total. The van der Waals surface area contributed by atoms with E-state index >= 15 is 0 Å². The van der Waals surface area contributed by atoms with Crippen LogP contribution in [0, 0.1) is 0 Å². The van der Waals surface area contributed by atoms with Gasteiger partial charge in [-0.05, 0) is 32.9 Å². The van der Waals surface area contributed by atoms with Crippen molar-refractivity contribution >= 4 is 0 Å². The predicted octanol–water partition coefficient (Wildman–Crippen LogP) is 3.46. The second-order valence-corrected chi connectivity index (χ2v) is 5.05. The average Bonchev–Trinajstić information content (AvgIpc) is 2.42. The number of rotatable bonds is 5. The minimum Gasteiger partial charge on any atom is -0.486 e. The van der Waals surface area contributed by atoms with Crippen LogP contribution in [0.25, 0.3) is 0 Å². The first-order chi connectivity index (χ1) is 9.22. The van der Waals surface area contributed by atoms with E-state index in [1.54, 1.807) is 0 Å². The summed E-state index contributed by atoms with van der Waals surface area (Å²) in [4.78, 5) is 0. The van der Waals surface area contributed by atoms with E-state index in [4.69, 9.17) is 9.47 Å². The topological polar surface area (TPSA) is 30.5 Å². The maximum absolute atomic E-state index is 5.80. The molecule has 0 saturated heterocycles. The molecule has 2 rings (SSSR count). The molecule has 0 radical (unpaired) electrons. The lowest BCUT2D eigenvalue weighted by Gasteiger charge is -2.24. The zero-order valence-electron chi connectivity index (χ0n) is 12.0. The summed E-state index contributed by atoms with van der Waals surface area (Å²) in [6.45, 7) is 8.65. The lowest BCUT2D eigenvalue weighted by Crippen LogP contribution is -2.23. The lowest BCUT2D eigenvalue weighted by atomic mass is 10.0. The van der Waals surface area contributed by atoms with Crippen LogP contribution in [0.3, 0.4) is 0 Å². The number of nitrogens with one attached hydrogen (secondary N) is 1. The molecule has 3 heteroatoms. The van der Waals surface area contributed by atoms with E-state index in [-0.39, 0.29) is 6.04 Å². The molecule has 104 valence electrons. The van der Waals surface area contributed by atoms with Crippen LogP contribution < -0.4 is 14.8 Å². The van der Waals surface area contributed by atoms with Gasteiger partial charge >= 0.3 is 0 Å². The van der Waals surface area contributed by atoms with E-state index in [0.29, 0.717) is 13.2 Å². The quantitative estimate of drug-likeness (QED) is 0.823. The second kappa shape index (κ2) is 6.62. The van der Waals surface area contributed by atoms with Gasteiger partial charge in [-0.25, -0.2) is 0 Å². The van der Waals surface area contributed by atoms with Crippen molar-refractivity contribution in [3.63, 3.8) is 0 Å². The molecule has 19 heavy (non-hydrogen) atoms. The Labute approximate surface area is 115 Å². The Morgan fingerprint density at radius 1 is 1.32 bits per heavy atom. The maximum Gasteiger partial charge on any atom is 0.166 e. The van der Waals surface area contributed by atoms with Gasteiger partial charge in [-0.3, -0.25) is 0 Å². The third kappa shape index (κ3) is 3.51. The van der Waals surface area contributed by atoms with Crippen LogP contribution in [0.4, 0.5) is 0 Å². The fourth-order valence-corrected chi connectivity index (χ4v) is 2.23. The van der Waals surface area contributed by atoms with Crippen molar-refractivity contribution < 1.29 is 9.47 Å². The average molecular weight is 261 g/mol. The summed E-state index contributed by atoms with van der Waals surface area (Å²) in [5.74, 6) is 1.74. The summed E-state index contributed by atoms with van der Waals surface area (Å²) in [6.07, 6.45) is 3.35. The van der Waals surface area contributed by atoms with Gasteiger partial charge in [0.15, 0.2) is 11.5 Å². The molecular weight excluding hydrogens is 238 g/mol. The molecule has 1 unspecified atom stereocenters. The van der Waals surface area contributed by atoms with Crippen molar-refractivity contribution in [2.75, 3.05) is 19.8 Å². The van der Waals surface area contributed by atoms with E-state index < -0.39 is 0 Å². The molecule has 0 spiro atoms. The van der Waals surface area contributed by atoms with Crippen molar-refractivity contribution in [1.82, 2.24) is 5.32 Å². The Morgan fingerprint density at radius 2 is 2.11 bits per heavy atom. The molecule has 0 saturated carbocycles. The highest BCUT2D eigenvalue weighted by Gasteiger charge is 2.20. The molecule has 1 aromatic carbocycles. The standard InChI is InChI=1S/C16H23NO2/c1-4-8-17-14(11-12(2)3)13-6-5-7-15-16(13)19-10-9-18-15/h5-7,11,14,17H,4,8-10H2,1-3H3. The van der Waals surface area contributed by atoms with Gasteiger partial charge in [0, 0.05) is 5.56 Å². The van der Waals surface area contributed by atoms with E-state index in [1.165, 1.54) is 5.57 Å². The molecule has 1 heterocycles. The SMILES string of the molecule is CCCNC(C=C(C)C)c1cccc2c1OCCO2. The van der Waals surface area contributed by atoms with Crippen LogP contribution in [0.1, 0.15) is 38.8 Å². The van der Waals surface area contributed by atoms with Gasteiger partial charge in [-0.2, -0.15) is 0 Å². The number of para-hydroxylation sites is 1. The Bertz CT molecular complexity index is 450. The minimum atomic E-state index is 0.182. The Balaban J connectivity index is 2.32. The monoisotopic (exact) mass is 261 g/mol. The van der Waals surface area contributed by atoms with Crippen LogP contribution in [0.5, 0.6) is 11.5 Å². The summed E-state index contributed by atoms with van der Waals surface area (Å²) < 4.78 is 11.5. The van der Waals surface area contributed by atoms with Crippen molar-refractivity contribution in [2.45, 2.75) is 33.2 Å². The van der Waals surface area contributed by atoms with Crippen LogP contribution in [0.2, 0.25) is 0 Å². The molecule has 3 nitrogen and oxygen atoms in total. The van der Waals surface area contributed by atoms with Crippen LogP contribution in [-0.4, -0.2) is 19.8 Å². The first kappa shape index (κ1) is 13.9. The first-order valence-corrected chi connectivity index (χ1v) is 6.99. The van der Waals surface area contributed by atoms with Gasteiger partial charge in [-0.15, -0.1) is 0 Å². The first-order valence-electron chi connectivity index (χ1n) is 6.99. The minimum absolute atomic E-state index is 0.182. The van der Waals surface area contributed by atoms with Gasteiger partial charge in [0.2, 0.25) is 0 Å². The lowest BCUT2D eigenvalue weighted by molar-refractivity contribution is 0.169. The highest BCUT2D eigenvalue weighted by Crippen LogP contribution is 2.37. The van der Waals surface area contributed by atoms with E-state index in [1.807, 2.05) is 12.1 Å². The third-order valence-corrected chi connectivity index (χ3v) is 3.05. The van der Waals surface area contributed by atoms with E-state index in [9.17, 15) is 0 Å². The molecule has 1 aliphatic rings. The van der Waals surface area contributed by atoms with Gasteiger partial charge in [0.25, 0.3) is 0 Å². The number of fused-ring (bicyclic) bond motifs is 1. The van der Waals surface area contributed by atoms with Crippen molar-refractivity contribution in [3.8, 4) is 11.5 Å². The van der Waals surface area contributed by atoms with Crippen LogP contribution >= 0.6 is 0 Å². The molecule has 1 aromatic rings. The number of benzene rings is 1. The predicted molar refractivity (Wildman–Crippen MR) is 77.9 cm³/mol. The zero-order chi connectivity index (χ0) is 13.7. The number of ether oxygens (including phenoxy) is 2. The normalized spacial score (nSPS) is 14.9. The largest absolute Gasteiger partial charge is 0.486 e.